The first-order valence-corrected chi connectivity index (χ1v) is 12.0. The van der Waals surface area contributed by atoms with Crippen molar-refractivity contribution >= 4 is 38.4 Å². The van der Waals surface area contributed by atoms with Gasteiger partial charge in [0.05, 0.1) is 17.5 Å². The maximum Gasteiger partial charge on any atom is 0.419 e. The van der Waals surface area contributed by atoms with Gasteiger partial charge in [-0.05, 0) is 48.1 Å². The van der Waals surface area contributed by atoms with E-state index in [0.29, 0.717) is 11.3 Å². The van der Waals surface area contributed by atoms with Crippen LogP contribution in [0.4, 0.5) is 30.6 Å². The number of sulfonamides is 1. The minimum atomic E-state index is -4.64. The summed E-state index contributed by atoms with van der Waals surface area (Å²) in [5.41, 5.74) is 0.803. The van der Waals surface area contributed by atoms with Crippen molar-refractivity contribution in [3.05, 3.63) is 71.8 Å². The van der Waals surface area contributed by atoms with Gasteiger partial charge in [0.1, 0.15) is 5.82 Å². The van der Waals surface area contributed by atoms with E-state index in [4.69, 9.17) is 0 Å². The van der Waals surface area contributed by atoms with Crippen LogP contribution in [-0.2, 0) is 29.0 Å². The molecule has 3 aromatic heterocycles. The van der Waals surface area contributed by atoms with E-state index in [0.717, 1.165) is 27.7 Å². The van der Waals surface area contributed by atoms with E-state index in [1.54, 1.807) is 30.5 Å². The smallest absolute Gasteiger partial charge is 0.361 e. The van der Waals surface area contributed by atoms with E-state index in [9.17, 15) is 21.6 Å². The van der Waals surface area contributed by atoms with Gasteiger partial charge < -0.3 is 10.3 Å². The SMILES string of the molecule is CN(c1ncccc1CCc1nc(Nc2ccc3cc[nH]c3c2)ncc1C(F)(F)F)S(C)(=O)=O. The van der Waals surface area contributed by atoms with Crippen molar-refractivity contribution in [2.24, 2.45) is 0 Å². The number of aromatic amines is 1. The third-order valence-electron chi connectivity index (χ3n) is 5.28. The second kappa shape index (κ2) is 8.93. The Bertz CT molecular complexity index is 1440. The Balaban J connectivity index is 1.63. The minimum Gasteiger partial charge on any atom is -0.361 e. The Morgan fingerprint density at radius 2 is 1.91 bits per heavy atom. The van der Waals surface area contributed by atoms with Crippen LogP contribution in [0.3, 0.4) is 0 Å². The molecule has 0 saturated carbocycles. The highest BCUT2D eigenvalue weighted by atomic mass is 32.2. The number of alkyl halides is 3. The number of hydrogen-bond acceptors (Lipinski definition) is 6. The van der Waals surface area contributed by atoms with Crippen molar-refractivity contribution in [1.29, 1.82) is 0 Å². The molecule has 0 fully saturated rings. The number of benzene rings is 1. The number of fused-ring (bicyclic) bond motifs is 1. The van der Waals surface area contributed by atoms with Gasteiger partial charge in [-0.25, -0.2) is 23.4 Å². The van der Waals surface area contributed by atoms with Crippen molar-refractivity contribution in [2.45, 2.75) is 19.0 Å². The van der Waals surface area contributed by atoms with E-state index in [1.165, 1.54) is 13.2 Å². The molecule has 2 N–H and O–H groups in total. The molecule has 4 aromatic rings. The number of aromatic nitrogens is 4. The predicted octanol–water partition coefficient (Wildman–Crippen LogP) is 4.30. The minimum absolute atomic E-state index is 0.0218. The van der Waals surface area contributed by atoms with Crippen molar-refractivity contribution in [1.82, 2.24) is 19.9 Å². The van der Waals surface area contributed by atoms with E-state index >= 15 is 0 Å². The summed E-state index contributed by atoms with van der Waals surface area (Å²) in [4.78, 5) is 15.2. The number of anilines is 3. The molecule has 34 heavy (non-hydrogen) atoms. The summed E-state index contributed by atoms with van der Waals surface area (Å²) in [6.07, 6.45) is 0.350. The van der Waals surface area contributed by atoms with Crippen LogP contribution < -0.4 is 9.62 Å². The van der Waals surface area contributed by atoms with E-state index in [1.807, 2.05) is 12.1 Å². The zero-order valence-corrected chi connectivity index (χ0v) is 19.1. The molecule has 1 aromatic carbocycles. The normalized spacial score (nSPS) is 12.1. The number of hydrogen-bond donors (Lipinski definition) is 2. The average Bonchev–Trinajstić information content (AvgIpc) is 3.24. The Hall–Kier alpha value is -3.67. The zero-order valence-electron chi connectivity index (χ0n) is 18.3. The fourth-order valence-corrected chi connectivity index (χ4v) is 3.96. The summed E-state index contributed by atoms with van der Waals surface area (Å²) in [5.74, 6) is 0.179. The molecular weight excluding hydrogens is 469 g/mol. The van der Waals surface area contributed by atoms with Gasteiger partial charge in [-0.3, -0.25) is 4.31 Å². The lowest BCUT2D eigenvalue weighted by molar-refractivity contribution is -0.138. The number of H-pyrrole nitrogens is 1. The summed E-state index contributed by atoms with van der Waals surface area (Å²) in [6, 6.07) is 10.6. The maximum absolute atomic E-state index is 13.6. The molecule has 8 nitrogen and oxygen atoms in total. The fraction of sp³-hybridized carbons (Fsp3) is 0.227. The second-order valence-electron chi connectivity index (χ2n) is 7.67. The lowest BCUT2D eigenvalue weighted by atomic mass is 10.1. The molecule has 12 heteroatoms. The summed E-state index contributed by atoms with van der Waals surface area (Å²) in [5, 5.41) is 3.93. The summed E-state index contributed by atoms with van der Waals surface area (Å²) >= 11 is 0. The molecule has 4 rings (SSSR count). The molecule has 0 amide bonds. The van der Waals surface area contributed by atoms with Crippen molar-refractivity contribution < 1.29 is 21.6 Å². The average molecular weight is 491 g/mol. The maximum atomic E-state index is 13.6. The van der Waals surface area contributed by atoms with Gasteiger partial charge in [0.15, 0.2) is 0 Å². The first-order chi connectivity index (χ1) is 16.0. The lowest BCUT2D eigenvalue weighted by Gasteiger charge is -2.19. The zero-order chi connectivity index (χ0) is 24.5. The van der Waals surface area contributed by atoms with Crippen LogP contribution in [0.15, 0.2) is 55.0 Å². The molecule has 0 unspecified atom stereocenters. The Labute approximate surface area is 193 Å². The first-order valence-electron chi connectivity index (χ1n) is 10.2. The number of aryl methyl sites for hydroxylation is 2. The predicted molar refractivity (Wildman–Crippen MR) is 124 cm³/mol. The number of pyridine rings is 1. The Morgan fingerprint density at radius 3 is 2.65 bits per heavy atom. The molecule has 3 heterocycles. The van der Waals surface area contributed by atoms with Gasteiger partial charge in [-0.2, -0.15) is 13.2 Å². The van der Waals surface area contributed by atoms with Crippen molar-refractivity contribution in [3.63, 3.8) is 0 Å². The van der Waals surface area contributed by atoms with Gasteiger partial charge in [-0.1, -0.05) is 12.1 Å². The molecular formula is C22H21F3N6O2S. The Morgan fingerprint density at radius 1 is 1.12 bits per heavy atom. The van der Waals surface area contributed by atoms with Gasteiger partial charge in [0.25, 0.3) is 0 Å². The topological polar surface area (TPSA) is 104 Å². The third kappa shape index (κ3) is 5.11. The van der Waals surface area contributed by atoms with Crippen LogP contribution in [0.25, 0.3) is 10.9 Å². The lowest BCUT2D eigenvalue weighted by Crippen LogP contribution is -2.27. The van der Waals surface area contributed by atoms with Crippen LogP contribution >= 0.6 is 0 Å². The first kappa shape index (κ1) is 23.5. The molecule has 0 aliphatic rings. The molecule has 0 radical (unpaired) electrons. The molecule has 0 bridgehead atoms. The van der Waals surface area contributed by atoms with Crippen LogP contribution in [0.5, 0.6) is 0 Å². The summed E-state index contributed by atoms with van der Waals surface area (Å²) < 4.78 is 65.8. The Kier molecular flexibility index (Phi) is 6.17. The fourth-order valence-electron chi connectivity index (χ4n) is 3.48. The van der Waals surface area contributed by atoms with Crippen molar-refractivity contribution in [2.75, 3.05) is 22.9 Å². The molecule has 178 valence electrons. The number of nitrogens with zero attached hydrogens (tertiary/aromatic N) is 4. The van der Waals surface area contributed by atoms with Gasteiger partial charge >= 0.3 is 6.18 Å². The number of halogens is 3. The van der Waals surface area contributed by atoms with Crippen LogP contribution in [-0.4, -0.2) is 41.7 Å². The van der Waals surface area contributed by atoms with Crippen molar-refractivity contribution in [3.8, 4) is 0 Å². The standard InChI is InChI=1S/C22H21F3N6O2S/c1-31(34(2,32)33)20-15(4-3-10-27-20)6-8-18-17(22(23,24)25)13-28-21(30-18)29-16-7-5-14-9-11-26-19(14)12-16/h3-5,7,9-13,26H,6,8H2,1-2H3,(H,28,29,30). The second-order valence-corrected chi connectivity index (χ2v) is 9.69. The largest absolute Gasteiger partial charge is 0.419 e. The molecule has 0 aliphatic heterocycles. The highest BCUT2D eigenvalue weighted by Gasteiger charge is 2.35. The molecule has 0 spiro atoms. The van der Waals surface area contributed by atoms with E-state index < -0.39 is 21.8 Å². The monoisotopic (exact) mass is 490 g/mol. The summed E-state index contributed by atoms with van der Waals surface area (Å²) in [6.45, 7) is 0. The van der Waals surface area contributed by atoms with Gasteiger partial charge in [0, 0.05) is 36.8 Å². The highest BCUT2D eigenvalue weighted by molar-refractivity contribution is 7.92. The van der Waals surface area contributed by atoms with Gasteiger partial charge in [-0.15, -0.1) is 0 Å². The van der Waals surface area contributed by atoms with Crippen LogP contribution in [0, 0.1) is 0 Å². The van der Waals surface area contributed by atoms with Crippen LogP contribution in [0.1, 0.15) is 16.8 Å². The number of nitrogens with one attached hydrogen (secondary N) is 2. The van der Waals surface area contributed by atoms with E-state index in [-0.39, 0.29) is 30.3 Å². The third-order valence-corrected chi connectivity index (χ3v) is 6.45. The quantitative estimate of drug-likeness (QED) is 0.401. The molecule has 0 saturated heterocycles. The number of rotatable bonds is 7. The highest BCUT2D eigenvalue weighted by Crippen LogP contribution is 2.32. The van der Waals surface area contributed by atoms with Crippen LogP contribution in [0.2, 0.25) is 0 Å². The van der Waals surface area contributed by atoms with E-state index in [2.05, 4.69) is 25.3 Å². The van der Waals surface area contributed by atoms with Gasteiger partial charge in [0.2, 0.25) is 16.0 Å². The summed E-state index contributed by atoms with van der Waals surface area (Å²) in [7, 11) is -2.25. The molecule has 0 aliphatic carbocycles. The molecule has 0 atom stereocenters.